The molecule has 0 rings (SSSR count). The van der Waals surface area contributed by atoms with Crippen molar-refractivity contribution in [3.8, 4) is 0 Å². The first-order valence-electron chi connectivity index (χ1n) is 3.92. The largest absolute Gasteiger partial charge is 0.311 e. The number of nitrogens with zero attached hydrogens (tertiary/aromatic N) is 2. The molecule has 0 spiro atoms. The summed E-state index contributed by atoms with van der Waals surface area (Å²) in [7, 11) is 3.66. The first-order valence-corrected chi connectivity index (χ1v) is 3.92. The molecule has 0 amide bonds. The summed E-state index contributed by atoms with van der Waals surface area (Å²) in [5.41, 5.74) is 0. The molecule has 0 aliphatic carbocycles. The Hall–Kier alpha value is -0.700. The maximum absolute atomic E-state index is 4.19. The summed E-state index contributed by atoms with van der Waals surface area (Å²) in [6, 6.07) is 0.239. The van der Waals surface area contributed by atoms with Gasteiger partial charge in [0, 0.05) is 13.3 Å². The van der Waals surface area contributed by atoms with Gasteiger partial charge in [-0.1, -0.05) is 6.92 Å². The third-order valence-electron chi connectivity index (χ3n) is 1.46. The highest BCUT2D eigenvalue weighted by Gasteiger charge is 2.03. The van der Waals surface area contributed by atoms with Crippen LogP contribution in [0.3, 0.4) is 0 Å². The highest BCUT2D eigenvalue weighted by atomic mass is 15.0. The average molecular weight is 155 g/mol. The minimum absolute atomic E-state index is 0.239. The number of likely N-dealkylation sites (N-methyl/N-ethyl adjacent to an activating group) is 1. The van der Waals surface area contributed by atoms with Crippen molar-refractivity contribution in [2.75, 3.05) is 14.1 Å². The second-order valence-corrected chi connectivity index (χ2v) is 2.31. The van der Waals surface area contributed by atoms with Crippen molar-refractivity contribution in [2.24, 2.45) is 9.98 Å². The van der Waals surface area contributed by atoms with Crippen molar-refractivity contribution in [3.05, 3.63) is 0 Å². The van der Waals surface area contributed by atoms with Crippen LogP contribution in [0.4, 0.5) is 0 Å². The first kappa shape index (κ1) is 10.3. The molecule has 0 aromatic carbocycles. The molecule has 3 heteroatoms. The Balaban J connectivity index is 4.07. The smallest absolute Gasteiger partial charge is 0.139 e. The third-order valence-corrected chi connectivity index (χ3v) is 1.46. The molecule has 64 valence electrons. The molecule has 0 fully saturated rings. The molecule has 0 heterocycles. The molecule has 0 saturated heterocycles. The monoisotopic (exact) mass is 155 g/mol. The van der Waals surface area contributed by atoms with Crippen LogP contribution in [0.5, 0.6) is 0 Å². The Bertz CT molecular complexity index is 149. The van der Waals surface area contributed by atoms with Gasteiger partial charge in [0.1, 0.15) is 5.84 Å². The molecule has 1 atom stereocenters. The van der Waals surface area contributed by atoms with Crippen LogP contribution in [-0.2, 0) is 0 Å². The van der Waals surface area contributed by atoms with Crippen LogP contribution in [0.2, 0.25) is 0 Å². The first-order chi connectivity index (χ1) is 5.26. The van der Waals surface area contributed by atoms with Gasteiger partial charge in [-0.2, -0.15) is 0 Å². The van der Waals surface area contributed by atoms with Crippen molar-refractivity contribution >= 4 is 12.1 Å². The minimum Gasteiger partial charge on any atom is -0.311 e. The summed E-state index contributed by atoms with van der Waals surface area (Å²) in [6.45, 7) is 4.09. The zero-order chi connectivity index (χ0) is 8.69. The molecule has 0 aliphatic rings. The maximum atomic E-state index is 4.19. The summed E-state index contributed by atoms with van der Waals surface area (Å²) in [5, 5.41) is 3.08. The fourth-order valence-electron chi connectivity index (χ4n) is 0.677. The average Bonchev–Trinajstić information content (AvgIpc) is 2.05. The quantitative estimate of drug-likeness (QED) is 0.481. The zero-order valence-corrected chi connectivity index (χ0v) is 7.76. The van der Waals surface area contributed by atoms with Crippen molar-refractivity contribution in [1.29, 1.82) is 0 Å². The topological polar surface area (TPSA) is 36.8 Å². The highest BCUT2D eigenvalue weighted by molar-refractivity contribution is 5.93. The van der Waals surface area contributed by atoms with E-state index in [0.717, 1.165) is 12.3 Å². The van der Waals surface area contributed by atoms with Crippen LogP contribution in [0.25, 0.3) is 0 Å². The van der Waals surface area contributed by atoms with Gasteiger partial charge in [-0.25, -0.2) is 4.99 Å². The van der Waals surface area contributed by atoms with E-state index in [9.17, 15) is 0 Å². The van der Waals surface area contributed by atoms with Gasteiger partial charge in [0.05, 0.1) is 6.04 Å². The van der Waals surface area contributed by atoms with E-state index < -0.39 is 0 Å². The Kier molecular flexibility index (Phi) is 5.65. The molecular formula is C8H17N3. The van der Waals surface area contributed by atoms with Crippen LogP contribution >= 0.6 is 0 Å². The molecule has 0 aromatic rings. The van der Waals surface area contributed by atoms with E-state index in [0.29, 0.717) is 0 Å². The van der Waals surface area contributed by atoms with Crippen LogP contribution < -0.4 is 5.32 Å². The van der Waals surface area contributed by atoms with Crippen LogP contribution in [0, 0.1) is 0 Å². The number of hydrogen-bond acceptors (Lipinski definition) is 2. The fraction of sp³-hybridized carbons (Fsp3) is 0.750. The summed E-state index contributed by atoms with van der Waals surface area (Å²) < 4.78 is 0. The van der Waals surface area contributed by atoms with E-state index in [-0.39, 0.29) is 6.04 Å². The SMILES string of the molecule is CCC=NC(=NC)[C@H](C)NC. The highest BCUT2D eigenvalue weighted by Crippen LogP contribution is 1.88. The molecular weight excluding hydrogens is 138 g/mol. The van der Waals surface area contributed by atoms with Gasteiger partial charge in [0.25, 0.3) is 0 Å². The Morgan fingerprint density at radius 1 is 1.64 bits per heavy atom. The maximum Gasteiger partial charge on any atom is 0.139 e. The van der Waals surface area contributed by atoms with Gasteiger partial charge < -0.3 is 5.32 Å². The summed E-state index contributed by atoms with van der Waals surface area (Å²) in [4.78, 5) is 8.25. The van der Waals surface area contributed by atoms with Gasteiger partial charge in [-0.3, -0.25) is 4.99 Å². The summed E-state index contributed by atoms with van der Waals surface area (Å²) >= 11 is 0. The number of aliphatic imine (C=N–C) groups is 2. The normalized spacial score (nSPS) is 15.8. The lowest BCUT2D eigenvalue weighted by molar-refractivity contribution is 0.755. The molecule has 0 aliphatic heterocycles. The Morgan fingerprint density at radius 3 is 2.64 bits per heavy atom. The van der Waals surface area contributed by atoms with Crippen molar-refractivity contribution in [1.82, 2.24) is 5.32 Å². The van der Waals surface area contributed by atoms with Gasteiger partial charge in [-0.15, -0.1) is 0 Å². The molecule has 0 aromatic heterocycles. The van der Waals surface area contributed by atoms with Crippen molar-refractivity contribution < 1.29 is 0 Å². The number of nitrogens with one attached hydrogen (secondary N) is 1. The molecule has 0 unspecified atom stereocenters. The predicted octanol–water partition coefficient (Wildman–Crippen LogP) is 1.10. The molecule has 3 nitrogen and oxygen atoms in total. The number of amidine groups is 1. The second kappa shape index (κ2) is 6.04. The summed E-state index contributed by atoms with van der Waals surface area (Å²) in [6.07, 6.45) is 2.83. The van der Waals surface area contributed by atoms with E-state index in [1.165, 1.54) is 0 Å². The number of hydrogen-bond donors (Lipinski definition) is 1. The Labute approximate surface area is 68.6 Å². The molecule has 1 N–H and O–H groups in total. The number of rotatable bonds is 3. The van der Waals surface area contributed by atoms with Gasteiger partial charge in [0.15, 0.2) is 0 Å². The molecule has 0 bridgehead atoms. The molecule has 11 heavy (non-hydrogen) atoms. The predicted molar refractivity (Wildman–Crippen MR) is 50.7 cm³/mol. The fourth-order valence-corrected chi connectivity index (χ4v) is 0.677. The van der Waals surface area contributed by atoms with Crippen molar-refractivity contribution in [3.63, 3.8) is 0 Å². The minimum atomic E-state index is 0.239. The van der Waals surface area contributed by atoms with E-state index >= 15 is 0 Å². The van der Waals surface area contributed by atoms with Crippen LogP contribution in [0.1, 0.15) is 20.3 Å². The van der Waals surface area contributed by atoms with Crippen molar-refractivity contribution in [2.45, 2.75) is 26.3 Å². The van der Waals surface area contributed by atoms with Gasteiger partial charge in [0.2, 0.25) is 0 Å². The van der Waals surface area contributed by atoms with E-state index in [1.54, 1.807) is 7.05 Å². The summed E-state index contributed by atoms with van der Waals surface area (Å²) in [5.74, 6) is 0.856. The molecule has 0 saturated carbocycles. The van der Waals surface area contributed by atoms with Gasteiger partial charge >= 0.3 is 0 Å². The van der Waals surface area contributed by atoms with E-state index in [4.69, 9.17) is 0 Å². The standard InChI is InChI=1S/C8H17N3/c1-5-6-11-8(10-4)7(2)9-3/h6-7,9H,5H2,1-4H3/t7-/m0/s1. The lowest BCUT2D eigenvalue weighted by atomic mass is 10.3. The third kappa shape index (κ3) is 3.88. The van der Waals surface area contributed by atoms with Crippen LogP contribution in [0.15, 0.2) is 9.98 Å². The zero-order valence-electron chi connectivity index (χ0n) is 7.76. The van der Waals surface area contributed by atoms with E-state index in [2.05, 4.69) is 22.2 Å². The lowest BCUT2D eigenvalue weighted by Gasteiger charge is -2.07. The lowest BCUT2D eigenvalue weighted by Crippen LogP contribution is -2.29. The van der Waals surface area contributed by atoms with Gasteiger partial charge in [-0.05, 0) is 20.4 Å². The van der Waals surface area contributed by atoms with E-state index in [1.807, 2.05) is 20.2 Å². The molecule has 0 radical (unpaired) electrons. The van der Waals surface area contributed by atoms with Crippen LogP contribution in [-0.4, -0.2) is 32.2 Å². The second-order valence-electron chi connectivity index (χ2n) is 2.31. The Morgan fingerprint density at radius 2 is 2.27 bits per heavy atom.